The Morgan fingerprint density at radius 2 is 2.00 bits per heavy atom. The van der Waals surface area contributed by atoms with Gasteiger partial charge in [-0.3, -0.25) is 4.79 Å². The SMILES string of the molecule is CC(N)c1ccccc1N1CCN(C)C(=O)C1. The second-order valence-electron chi connectivity index (χ2n) is 4.58. The number of piperazine rings is 1. The van der Waals surface area contributed by atoms with E-state index in [1.807, 2.05) is 38.2 Å². The zero-order valence-electron chi connectivity index (χ0n) is 10.4. The summed E-state index contributed by atoms with van der Waals surface area (Å²) < 4.78 is 0. The molecule has 2 rings (SSSR count). The van der Waals surface area contributed by atoms with Gasteiger partial charge in [0.1, 0.15) is 0 Å². The summed E-state index contributed by atoms with van der Waals surface area (Å²) in [5.41, 5.74) is 8.15. The molecule has 0 spiro atoms. The van der Waals surface area contributed by atoms with E-state index >= 15 is 0 Å². The molecule has 92 valence electrons. The number of benzene rings is 1. The van der Waals surface area contributed by atoms with Crippen molar-refractivity contribution in [1.29, 1.82) is 0 Å². The number of para-hydroxylation sites is 1. The van der Waals surface area contributed by atoms with E-state index in [0.717, 1.165) is 24.3 Å². The number of nitrogens with zero attached hydrogens (tertiary/aromatic N) is 2. The molecule has 0 saturated carbocycles. The molecule has 1 amide bonds. The molecule has 1 aromatic carbocycles. The van der Waals surface area contributed by atoms with Gasteiger partial charge in [0.15, 0.2) is 0 Å². The molecule has 4 heteroatoms. The minimum Gasteiger partial charge on any atom is -0.360 e. The number of hydrogen-bond donors (Lipinski definition) is 1. The highest BCUT2D eigenvalue weighted by Gasteiger charge is 2.23. The summed E-state index contributed by atoms with van der Waals surface area (Å²) in [5.74, 6) is 0.163. The lowest BCUT2D eigenvalue weighted by Gasteiger charge is -2.35. The van der Waals surface area contributed by atoms with Crippen molar-refractivity contribution in [1.82, 2.24) is 4.90 Å². The molecule has 17 heavy (non-hydrogen) atoms. The number of carbonyl (C=O) groups is 1. The number of nitrogens with two attached hydrogens (primary N) is 1. The Morgan fingerprint density at radius 1 is 1.29 bits per heavy atom. The third-order valence-electron chi connectivity index (χ3n) is 3.23. The minimum atomic E-state index is -0.0130. The van der Waals surface area contributed by atoms with E-state index in [1.165, 1.54) is 0 Å². The second-order valence-corrected chi connectivity index (χ2v) is 4.58. The van der Waals surface area contributed by atoms with Crippen LogP contribution in [0.4, 0.5) is 5.69 Å². The fourth-order valence-corrected chi connectivity index (χ4v) is 2.12. The van der Waals surface area contributed by atoms with E-state index in [0.29, 0.717) is 6.54 Å². The average molecular weight is 233 g/mol. The zero-order chi connectivity index (χ0) is 12.4. The number of rotatable bonds is 2. The lowest BCUT2D eigenvalue weighted by molar-refractivity contribution is -0.129. The van der Waals surface area contributed by atoms with Crippen molar-refractivity contribution < 1.29 is 4.79 Å². The molecule has 4 nitrogen and oxygen atoms in total. The highest BCUT2D eigenvalue weighted by Crippen LogP contribution is 2.25. The summed E-state index contributed by atoms with van der Waals surface area (Å²) in [5, 5.41) is 0. The Kier molecular flexibility index (Phi) is 3.33. The Morgan fingerprint density at radius 3 is 2.65 bits per heavy atom. The van der Waals surface area contributed by atoms with Crippen LogP contribution in [-0.2, 0) is 4.79 Å². The van der Waals surface area contributed by atoms with Gasteiger partial charge in [-0.2, -0.15) is 0 Å². The third kappa shape index (κ3) is 2.42. The van der Waals surface area contributed by atoms with Crippen molar-refractivity contribution in [2.45, 2.75) is 13.0 Å². The van der Waals surface area contributed by atoms with Gasteiger partial charge in [-0.1, -0.05) is 18.2 Å². The third-order valence-corrected chi connectivity index (χ3v) is 3.23. The number of amides is 1. The maximum Gasteiger partial charge on any atom is 0.241 e. The first-order chi connectivity index (χ1) is 8.09. The van der Waals surface area contributed by atoms with E-state index in [4.69, 9.17) is 5.73 Å². The molecule has 0 aromatic heterocycles. The van der Waals surface area contributed by atoms with Crippen LogP contribution in [-0.4, -0.2) is 37.5 Å². The Balaban J connectivity index is 2.25. The summed E-state index contributed by atoms with van der Waals surface area (Å²) in [6.45, 7) is 4.05. The van der Waals surface area contributed by atoms with Crippen LogP contribution in [0, 0.1) is 0 Å². The normalized spacial score (nSPS) is 18.4. The van der Waals surface area contributed by atoms with Crippen LogP contribution in [0.5, 0.6) is 0 Å². The van der Waals surface area contributed by atoms with Gasteiger partial charge < -0.3 is 15.5 Å². The molecular formula is C13H19N3O. The maximum absolute atomic E-state index is 11.7. The molecular weight excluding hydrogens is 214 g/mol. The quantitative estimate of drug-likeness (QED) is 0.828. The number of carbonyl (C=O) groups excluding carboxylic acids is 1. The Bertz CT molecular complexity index is 417. The molecule has 2 N–H and O–H groups in total. The predicted molar refractivity (Wildman–Crippen MR) is 68.9 cm³/mol. The summed E-state index contributed by atoms with van der Waals surface area (Å²) >= 11 is 0. The highest BCUT2D eigenvalue weighted by molar-refractivity contribution is 5.83. The van der Waals surface area contributed by atoms with E-state index in [-0.39, 0.29) is 11.9 Å². The molecule has 1 fully saturated rings. The smallest absolute Gasteiger partial charge is 0.241 e. The van der Waals surface area contributed by atoms with Crippen LogP contribution in [0.3, 0.4) is 0 Å². The lowest BCUT2D eigenvalue weighted by Crippen LogP contribution is -2.48. The van der Waals surface area contributed by atoms with E-state index in [2.05, 4.69) is 4.90 Å². The number of anilines is 1. The van der Waals surface area contributed by atoms with Crippen LogP contribution in [0.2, 0.25) is 0 Å². The summed E-state index contributed by atoms with van der Waals surface area (Å²) in [7, 11) is 1.84. The molecule has 0 aliphatic carbocycles. The number of hydrogen-bond acceptors (Lipinski definition) is 3. The van der Waals surface area contributed by atoms with Gasteiger partial charge >= 0.3 is 0 Å². The van der Waals surface area contributed by atoms with Crippen molar-refractivity contribution in [2.24, 2.45) is 5.73 Å². The molecule has 1 unspecified atom stereocenters. The first-order valence-electron chi connectivity index (χ1n) is 5.93. The molecule has 1 aliphatic heterocycles. The molecule has 0 bridgehead atoms. The standard InChI is InChI=1S/C13H19N3O/c1-10(14)11-5-3-4-6-12(11)16-8-7-15(2)13(17)9-16/h3-6,10H,7-9,14H2,1-2H3. The minimum absolute atomic E-state index is 0.0130. The first-order valence-corrected chi connectivity index (χ1v) is 5.93. The molecule has 1 saturated heterocycles. The van der Waals surface area contributed by atoms with Crippen molar-refractivity contribution in [2.75, 3.05) is 31.6 Å². The van der Waals surface area contributed by atoms with Crippen molar-refractivity contribution in [3.8, 4) is 0 Å². The van der Waals surface area contributed by atoms with Crippen LogP contribution in [0.25, 0.3) is 0 Å². The largest absolute Gasteiger partial charge is 0.360 e. The fraction of sp³-hybridized carbons (Fsp3) is 0.462. The van der Waals surface area contributed by atoms with Gasteiger partial charge in [0.05, 0.1) is 6.54 Å². The molecule has 1 aliphatic rings. The topological polar surface area (TPSA) is 49.6 Å². The van der Waals surface area contributed by atoms with Gasteiger partial charge in [-0.25, -0.2) is 0 Å². The summed E-state index contributed by atoms with van der Waals surface area (Å²) in [6.07, 6.45) is 0. The molecule has 1 atom stereocenters. The summed E-state index contributed by atoms with van der Waals surface area (Å²) in [6, 6.07) is 8.03. The van der Waals surface area contributed by atoms with Gasteiger partial charge in [0, 0.05) is 31.9 Å². The van der Waals surface area contributed by atoms with Gasteiger partial charge in [-0.05, 0) is 18.6 Å². The first kappa shape index (κ1) is 11.9. The van der Waals surface area contributed by atoms with Crippen molar-refractivity contribution >= 4 is 11.6 Å². The van der Waals surface area contributed by atoms with Crippen LogP contribution in [0.15, 0.2) is 24.3 Å². The Labute approximate surface area is 102 Å². The van der Waals surface area contributed by atoms with Crippen molar-refractivity contribution in [3.63, 3.8) is 0 Å². The van der Waals surface area contributed by atoms with Gasteiger partial charge in [-0.15, -0.1) is 0 Å². The Hall–Kier alpha value is -1.55. The van der Waals surface area contributed by atoms with Crippen LogP contribution < -0.4 is 10.6 Å². The average Bonchev–Trinajstić information content (AvgIpc) is 2.32. The molecule has 0 radical (unpaired) electrons. The summed E-state index contributed by atoms with van der Waals surface area (Å²) in [4.78, 5) is 15.6. The van der Waals surface area contributed by atoms with E-state index in [9.17, 15) is 4.79 Å². The van der Waals surface area contributed by atoms with Crippen LogP contribution >= 0.6 is 0 Å². The zero-order valence-corrected chi connectivity index (χ0v) is 10.4. The number of likely N-dealkylation sites (N-methyl/N-ethyl adjacent to an activating group) is 1. The molecule has 1 aromatic rings. The highest BCUT2D eigenvalue weighted by atomic mass is 16.2. The van der Waals surface area contributed by atoms with Gasteiger partial charge in [0.25, 0.3) is 0 Å². The molecule has 1 heterocycles. The maximum atomic E-state index is 11.7. The predicted octanol–water partition coefficient (Wildman–Crippen LogP) is 0.985. The van der Waals surface area contributed by atoms with Gasteiger partial charge in [0.2, 0.25) is 5.91 Å². The monoisotopic (exact) mass is 233 g/mol. The fourth-order valence-electron chi connectivity index (χ4n) is 2.12. The van der Waals surface area contributed by atoms with E-state index in [1.54, 1.807) is 4.90 Å². The lowest BCUT2D eigenvalue weighted by atomic mass is 10.1. The second kappa shape index (κ2) is 4.75. The van der Waals surface area contributed by atoms with E-state index < -0.39 is 0 Å². The van der Waals surface area contributed by atoms with Crippen LogP contribution in [0.1, 0.15) is 18.5 Å². The van der Waals surface area contributed by atoms with Crippen molar-refractivity contribution in [3.05, 3.63) is 29.8 Å².